The SMILES string of the molecule is COc1nc2c(-c3ccc(F)cc3F)ncnc2nc1C. The highest BCUT2D eigenvalue weighted by molar-refractivity contribution is 5.87. The molecule has 0 aliphatic heterocycles. The molecule has 0 unspecified atom stereocenters. The van der Waals surface area contributed by atoms with Crippen molar-refractivity contribution in [3.63, 3.8) is 0 Å². The minimum atomic E-state index is -0.726. The van der Waals surface area contributed by atoms with E-state index in [0.29, 0.717) is 22.7 Å². The third kappa shape index (κ3) is 2.26. The molecule has 7 heteroatoms. The van der Waals surface area contributed by atoms with E-state index in [0.717, 1.165) is 12.1 Å². The molecule has 0 N–H and O–H groups in total. The van der Waals surface area contributed by atoms with Crippen LogP contribution in [0.1, 0.15) is 5.69 Å². The van der Waals surface area contributed by atoms with E-state index >= 15 is 0 Å². The maximum Gasteiger partial charge on any atom is 0.235 e. The number of methoxy groups -OCH3 is 1. The topological polar surface area (TPSA) is 60.8 Å². The highest BCUT2D eigenvalue weighted by Gasteiger charge is 2.15. The summed E-state index contributed by atoms with van der Waals surface area (Å²) in [6.45, 7) is 1.73. The molecule has 5 nitrogen and oxygen atoms in total. The van der Waals surface area contributed by atoms with Crippen molar-refractivity contribution in [3.05, 3.63) is 41.9 Å². The molecule has 3 aromatic rings. The van der Waals surface area contributed by atoms with E-state index in [1.54, 1.807) is 6.92 Å². The average Bonchev–Trinajstić information content (AvgIpc) is 2.46. The molecule has 0 saturated carbocycles. The summed E-state index contributed by atoms with van der Waals surface area (Å²) in [7, 11) is 1.46. The zero-order valence-electron chi connectivity index (χ0n) is 11.3. The lowest BCUT2D eigenvalue weighted by Gasteiger charge is -2.08. The lowest BCUT2D eigenvalue weighted by Crippen LogP contribution is -2.00. The predicted molar refractivity (Wildman–Crippen MR) is 71.8 cm³/mol. The smallest absolute Gasteiger partial charge is 0.235 e. The summed E-state index contributed by atoms with van der Waals surface area (Å²) in [5.41, 5.74) is 1.55. The summed E-state index contributed by atoms with van der Waals surface area (Å²) >= 11 is 0. The Bertz CT molecular complexity index is 839. The number of aromatic nitrogens is 4. The molecule has 2 heterocycles. The van der Waals surface area contributed by atoms with Gasteiger partial charge >= 0.3 is 0 Å². The quantitative estimate of drug-likeness (QED) is 0.725. The predicted octanol–water partition coefficient (Wildman–Crippen LogP) is 2.68. The summed E-state index contributed by atoms with van der Waals surface area (Å²) in [6, 6.07) is 3.26. The van der Waals surface area contributed by atoms with Crippen molar-refractivity contribution in [1.82, 2.24) is 19.9 Å². The third-order valence-electron chi connectivity index (χ3n) is 2.98. The van der Waals surface area contributed by atoms with E-state index in [9.17, 15) is 8.78 Å². The van der Waals surface area contributed by atoms with Gasteiger partial charge in [-0.3, -0.25) is 0 Å². The average molecular weight is 288 g/mol. The van der Waals surface area contributed by atoms with Crippen LogP contribution >= 0.6 is 0 Å². The van der Waals surface area contributed by atoms with E-state index in [4.69, 9.17) is 4.74 Å². The Hall–Kier alpha value is -2.70. The van der Waals surface area contributed by atoms with Gasteiger partial charge in [0.15, 0.2) is 5.65 Å². The second-order valence-electron chi connectivity index (χ2n) is 4.34. The first-order valence-electron chi connectivity index (χ1n) is 6.09. The monoisotopic (exact) mass is 288 g/mol. The first-order chi connectivity index (χ1) is 10.1. The highest BCUT2D eigenvalue weighted by atomic mass is 19.1. The van der Waals surface area contributed by atoms with Crippen molar-refractivity contribution in [2.45, 2.75) is 6.92 Å². The lowest BCUT2D eigenvalue weighted by molar-refractivity contribution is 0.394. The van der Waals surface area contributed by atoms with Gasteiger partial charge in [-0.1, -0.05) is 0 Å². The summed E-state index contributed by atoms with van der Waals surface area (Å²) in [4.78, 5) is 16.6. The van der Waals surface area contributed by atoms with Gasteiger partial charge in [-0.15, -0.1) is 0 Å². The molecule has 0 aliphatic rings. The first-order valence-corrected chi connectivity index (χ1v) is 6.09. The van der Waals surface area contributed by atoms with Crippen LogP contribution in [0.3, 0.4) is 0 Å². The standard InChI is InChI=1S/C14H10F2N4O/c1-7-14(21-2)20-12-11(17-6-18-13(12)19-7)9-4-3-8(15)5-10(9)16/h3-6H,1-2H3. The largest absolute Gasteiger partial charge is 0.480 e. The molecular formula is C14H10F2N4O. The van der Waals surface area contributed by atoms with Crippen molar-refractivity contribution in [2.24, 2.45) is 0 Å². The van der Waals surface area contributed by atoms with Crippen LogP contribution in [-0.2, 0) is 0 Å². The van der Waals surface area contributed by atoms with Gasteiger partial charge in [0.1, 0.15) is 34.9 Å². The van der Waals surface area contributed by atoms with Gasteiger partial charge in [0, 0.05) is 11.6 Å². The highest BCUT2D eigenvalue weighted by Crippen LogP contribution is 2.28. The van der Waals surface area contributed by atoms with Crippen LogP contribution in [0.5, 0.6) is 5.88 Å². The number of hydrogen-bond donors (Lipinski definition) is 0. The van der Waals surface area contributed by atoms with E-state index in [2.05, 4.69) is 19.9 Å². The van der Waals surface area contributed by atoms with Gasteiger partial charge in [0.2, 0.25) is 5.88 Å². The Morgan fingerprint density at radius 3 is 2.62 bits per heavy atom. The summed E-state index contributed by atoms with van der Waals surface area (Å²) in [6.07, 6.45) is 1.26. The van der Waals surface area contributed by atoms with Crippen LogP contribution in [0.25, 0.3) is 22.4 Å². The van der Waals surface area contributed by atoms with E-state index < -0.39 is 11.6 Å². The number of ether oxygens (including phenoxy) is 1. The molecule has 3 rings (SSSR count). The van der Waals surface area contributed by atoms with E-state index in [-0.39, 0.29) is 11.3 Å². The molecule has 21 heavy (non-hydrogen) atoms. The maximum atomic E-state index is 13.9. The van der Waals surface area contributed by atoms with Crippen LogP contribution in [0, 0.1) is 18.6 Å². The van der Waals surface area contributed by atoms with Crippen molar-refractivity contribution in [2.75, 3.05) is 7.11 Å². The van der Waals surface area contributed by atoms with Crippen molar-refractivity contribution in [3.8, 4) is 17.1 Å². The fourth-order valence-electron chi connectivity index (χ4n) is 2.02. The number of nitrogens with zero attached hydrogens (tertiary/aromatic N) is 4. The Labute approximate surface area is 118 Å². The zero-order chi connectivity index (χ0) is 15.0. The maximum absolute atomic E-state index is 13.9. The Balaban J connectivity index is 2.32. The summed E-state index contributed by atoms with van der Waals surface area (Å²) in [5, 5.41) is 0. The minimum Gasteiger partial charge on any atom is -0.480 e. The van der Waals surface area contributed by atoms with Gasteiger partial charge in [-0.05, 0) is 19.1 Å². The van der Waals surface area contributed by atoms with Crippen LogP contribution < -0.4 is 4.74 Å². The zero-order valence-corrected chi connectivity index (χ0v) is 11.3. The van der Waals surface area contributed by atoms with Gasteiger partial charge in [0.25, 0.3) is 0 Å². The third-order valence-corrected chi connectivity index (χ3v) is 2.98. The fraction of sp³-hybridized carbons (Fsp3) is 0.143. The van der Waals surface area contributed by atoms with E-state index in [1.807, 2.05) is 0 Å². The number of hydrogen-bond acceptors (Lipinski definition) is 5. The molecule has 0 aliphatic carbocycles. The molecule has 0 fully saturated rings. The van der Waals surface area contributed by atoms with Crippen molar-refractivity contribution in [1.29, 1.82) is 0 Å². The second-order valence-corrected chi connectivity index (χ2v) is 4.34. The Morgan fingerprint density at radius 1 is 1.10 bits per heavy atom. The molecule has 1 aromatic carbocycles. The molecule has 0 spiro atoms. The van der Waals surface area contributed by atoms with Gasteiger partial charge in [-0.2, -0.15) is 0 Å². The van der Waals surface area contributed by atoms with Gasteiger partial charge in [-0.25, -0.2) is 28.7 Å². The second kappa shape index (κ2) is 5.01. The van der Waals surface area contributed by atoms with Crippen molar-refractivity contribution < 1.29 is 13.5 Å². The van der Waals surface area contributed by atoms with Gasteiger partial charge in [0.05, 0.1) is 7.11 Å². The molecule has 0 saturated heterocycles. The minimum absolute atomic E-state index is 0.129. The molecule has 106 valence electrons. The van der Waals surface area contributed by atoms with E-state index in [1.165, 1.54) is 19.5 Å². The molecule has 2 aromatic heterocycles. The number of rotatable bonds is 2. The number of aryl methyl sites for hydroxylation is 1. The summed E-state index contributed by atoms with van der Waals surface area (Å²) in [5.74, 6) is -1.08. The lowest BCUT2D eigenvalue weighted by atomic mass is 10.1. The molecule has 0 radical (unpaired) electrons. The summed E-state index contributed by atoms with van der Waals surface area (Å²) < 4.78 is 32.1. The molecule has 0 amide bonds. The number of halogens is 2. The Kier molecular flexibility index (Phi) is 3.17. The normalized spacial score (nSPS) is 10.9. The van der Waals surface area contributed by atoms with Crippen LogP contribution in [-0.4, -0.2) is 27.0 Å². The van der Waals surface area contributed by atoms with Gasteiger partial charge < -0.3 is 4.74 Å². The molecular weight excluding hydrogens is 278 g/mol. The molecule has 0 bridgehead atoms. The van der Waals surface area contributed by atoms with Crippen LogP contribution in [0.4, 0.5) is 8.78 Å². The first kappa shape index (κ1) is 13.3. The molecule has 0 atom stereocenters. The van der Waals surface area contributed by atoms with Crippen LogP contribution in [0.15, 0.2) is 24.5 Å². The fourth-order valence-corrected chi connectivity index (χ4v) is 2.02. The Morgan fingerprint density at radius 2 is 1.90 bits per heavy atom. The van der Waals surface area contributed by atoms with Crippen LogP contribution in [0.2, 0.25) is 0 Å². The number of fused-ring (bicyclic) bond motifs is 1. The van der Waals surface area contributed by atoms with Crippen molar-refractivity contribution >= 4 is 11.2 Å². The number of benzene rings is 1.